The fourth-order valence-corrected chi connectivity index (χ4v) is 9.51. The third-order valence-corrected chi connectivity index (χ3v) is 11.0. The lowest BCUT2D eigenvalue weighted by atomic mass is 9.48. The summed E-state index contributed by atoms with van der Waals surface area (Å²) in [5.74, 6) is 4.33. The van der Waals surface area contributed by atoms with Gasteiger partial charge in [-0.3, -0.25) is 4.68 Å². The summed E-state index contributed by atoms with van der Waals surface area (Å²) in [7, 11) is 3.56. The third-order valence-electron chi connectivity index (χ3n) is 11.0. The minimum Gasteiger partial charge on any atom is -0.387 e. The normalized spacial score (nSPS) is 43.3. The van der Waals surface area contributed by atoms with Crippen LogP contribution < -0.4 is 0 Å². The van der Waals surface area contributed by atoms with E-state index in [4.69, 9.17) is 9.47 Å². The highest BCUT2D eigenvalue weighted by Crippen LogP contribution is 2.66. The van der Waals surface area contributed by atoms with Crippen LogP contribution >= 0.6 is 0 Å². The summed E-state index contributed by atoms with van der Waals surface area (Å²) in [6.07, 6.45) is 14.2. The van der Waals surface area contributed by atoms with E-state index in [0.717, 1.165) is 42.9 Å². The highest BCUT2D eigenvalue weighted by molar-refractivity contribution is 5.22. The van der Waals surface area contributed by atoms with Crippen molar-refractivity contribution in [3.63, 3.8) is 0 Å². The van der Waals surface area contributed by atoms with Gasteiger partial charge in [0.05, 0.1) is 36.1 Å². The number of fused-ring (bicyclic) bond motifs is 5. The van der Waals surface area contributed by atoms with Gasteiger partial charge in [-0.1, -0.05) is 6.92 Å². The summed E-state index contributed by atoms with van der Waals surface area (Å²) in [6.45, 7) is 5.99. The van der Waals surface area contributed by atoms with Gasteiger partial charge in [0.2, 0.25) is 0 Å². The molecule has 4 fully saturated rings. The van der Waals surface area contributed by atoms with E-state index in [1.54, 1.807) is 13.3 Å². The Kier molecular flexibility index (Phi) is 6.36. The zero-order valence-corrected chi connectivity index (χ0v) is 21.5. The first-order valence-electron chi connectivity index (χ1n) is 13.4. The van der Waals surface area contributed by atoms with Crippen molar-refractivity contribution in [3.05, 3.63) is 18.0 Å². The molecule has 0 aliphatic heterocycles. The van der Waals surface area contributed by atoms with Crippen LogP contribution in [0.15, 0.2) is 12.4 Å². The zero-order valence-electron chi connectivity index (χ0n) is 21.5. The van der Waals surface area contributed by atoms with Crippen molar-refractivity contribution in [2.75, 3.05) is 20.8 Å². The number of rotatable bonds is 6. The molecule has 4 aliphatic rings. The van der Waals surface area contributed by atoms with E-state index in [9.17, 15) is 10.4 Å². The quantitative estimate of drug-likeness (QED) is 0.647. The first kappa shape index (κ1) is 24.3. The van der Waals surface area contributed by atoms with Crippen molar-refractivity contribution >= 4 is 0 Å². The first-order chi connectivity index (χ1) is 16.2. The first-order valence-corrected chi connectivity index (χ1v) is 13.4. The maximum Gasteiger partial charge on any atom is 0.102 e. The lowest BCUT2D eigenvalue weighted by Crippen LogP contribution is -2.54. The van der Waals surface area contributed by atoms with Gasteiger partial charge in [-0.05, 0) is 106 Å². The van der Waals surface area contributed by atoms with E-state index >= 15 is 0 Å². The molecule has 4 saturated carbocycles. The fourth-order valence-electron chi connectivity index (χ4n) is 9.51. The summed E-state index contributed by atoms with van der Waals surface area (Å²) in [5.41, 5.74) is -0.0118. The molecular formula is C28H43N3O3. The van der Waals surface area contributed by atoms with Gasteiger partial charge in [0.15, 0.2) is 0 Å². The largest absolute Gasteiger partial charge is 0.387 e. The van der Waals surface area contributed by atoms with Crippen LogP contribution in [-0.2, 0) is 16.0 Å². The van der Waals surface area contributed by atoms with Crippen LogP contribution in [0.25, 0.3) is 0 Å². The monoisotopic (exact) mass is 469 g/mol. The molecule has 0 aromatic carbocycles. The van der Waals surface area contributed by atoms with Crippen LogP contribution in [0.3, 0.4) is 0 Å². The molecule has 0 bridgehead atoms. The summed E-state index contributed by atoms with van der Waals surface area (Å²) in [4.78, 5) is 0. The van der Waals surface area contributed by atoms with Crippen molar-refractivity contribution < 1.29 is 14.6 Å². The molecule has 1 N–H and O–H groups in total. The summed E-state index contributed by atoms with van der Waals surface area (Å²) >= 11 is 0. The molecule has 4 aliphatic carbocycles. The van der Waals surface area contributed by atoms with Gasteiger partial charge in [-0.25, -0.2) is 0 Å². The highest BCUT2D eigenvalue weighted by atomic mass is 16.5. The Hall–Kier alpha value is -1.42. The number of aromatic nitrogens is 2. The fraction of sp³-hybridized carbons (Fsp3) is 0.857. The number of nitrogens with zero attached hydrogens (tertiary/aromatic N) is 3. The maximum absolute atomic E-state index is 11.0. The molecule has 0 amide bonds. The number of nitriles is 1. The van der Waals surface area contributed by atoms with E-state index in [1.165, 1.54) is 38.5 Å². The molecule has 6 heteroatoms. The topological polar surface area (TPSA) is 80.3 Å². The highest BCUT2D eigenvalue weighted by Gasteiger charge is 2.61. The van der Waals surface area contributed by atoms with Crippen LogP contribution in [0, 0.1) is 52.3 Å². The van der Waals surface area contributed by atoms with E-state index in [1.807, 2.05) is 18.0 Å². The van der Waals surface area contributed by atoms with Crippen LogP contribution in [0.1, 0.15) is 77.2 Å². The van der Waals surface area contributed by atoms with Crippen LogP contribution in [0.4, 0.5) is 0 Å². The predicted molar refractivity (Wildman–Crippen MR) is 130 cm³/mol. The molecule has 2 unspecified atom stereocenters. The van der Waals surface area contributed by atoms with E-state index in [0.29, 0.717) is 30.6 Å². The maximum atomic E-state index is 11.0. The Morgan fingerprint density at radius 1 is 1.15 bits per heavy atom. The van der Waals surface area contributed by atoms with Gasteiger partial charge >= 0.3 is 0 Å². The van der Waals surface area contributed by atoms with E-state index in [-0.39, 0.29) is 11.0 Å². The molecule has 9 atom stereocenters. The molecule has 0 radical (unpaired) electrons. The Morgan fingerprint density at radius 3 is 2.65 bits per heavy atom. The molecular weight excluding hydrogens is 426 g/mol. The minimum absolute atomic E-state index is 0.287. The second-order valence-electron chi connectivity index (χ2n) is 12.6. The molecule has 0 spiro atoms. The molecule has 34 heavy (non-hydrogen) atoms. The van der Waals surface area contributed by atoms with Crippen molar-refractivity contribution in [1.82, 2.24) is 9.78 Å². The minimum atomic E-state index is -0.609. The van der Waals surface area contributed by atoms with Gasteiger partial charge in [0.25, 0.3) is 0 Å². The smallest absolute Gasteiger partial charge is 0.102 e. The van der Waals surface area contributed by atoms with Gasteiger partial charge in [0.1, 0.15) is 6.07 Å². The second kappa shape index (κ2) is 8.91. The number of aliphatic hydroxyl groups is 1. The Bertz CT molecular complexity index is 926. The molecule has 5 rings (SSSR count). The Morgan fingerprint density at radius 2 is 1.94 bits per heavy atom. The van der Waals surface area contributed by atoms with Crippen LogP contribution in [0.2, 0.25) is 0 Å². The summed E-state index contributed by atoms with van der Waals surface area (Å²) in [6, 6.07) is 2.19. The van der Waals surface area contributed by atoms with Crippen molar-refractivity contribution in [1.29, 1.82) is 5.26 Å². The van der Waals surface area contributed by atoms with Crippen LogP contribution in [-0.4, -0.2) is 46.9 Å². The standard InChI is InChI=1S/C28H43N3O3/c1-26-11-9-22-21-10-12-28(32,18-33-3)13-20(21)5-6-23(22)24(26)7-8-25(26)27(2,34-4)17-31-16-19(14-29)15-30-31/h15-16,20-25,32H,5-13,17-18H2,1-4H3/t20-,21+,22-,23-,24+,25?,26+,27?,28-/m1/s1. The van der Waals surface area contributed by atoms with Crippen molar-refractivity contribution in [3.8, 4) is 6.07 Å². The Balaban J connectivity index is 1.33. The van der Waals surface area contributed by atoms with Crippen molar-refractivity contribution in [2.24, 2.45) is 40.9 Å². The van der Waals surface area contributed by atoms with Gasteiger partial charge in [0, 0.05) is 20.4 Å². The SMILES string of the molecule is COC[C@@]1(O)CC[C@H]2[C@H](CC[C@@H]3[C@@H]2CC[C@]2(C)C(C(C)(Cn4cc(C#N)cn4)OC)CC[C@@H]32)C1. The van der Waals surface area contributed by atoms with Crippen LogP contribution in [0.5, 0.6) is 0 Å². The van der Waals surface area contributed by atoms with Gasteiger partial charge in [-0.2, -0.15) is 10.4 Å². The number of ether oxygens (including phenoxy) is 2. The number of hydrogen-bond acceptors (Lipinski definition) is 5. The van der Waals surface area contributed by atoms with Gasteiger partial charge in [-0.15, -0.1) is 0 Å². The summed E-state index contributed by atoms with van der Waals surface area (Å²) < 4.78 is 13.5. The second-order valence-corrected chi connectivity index (χ2v) is 12.6. The predicted octanol–water partition coefficient (Wildman–Crippen LogP) is 4.81. The molecule has 1 aromatic rings. The zero-order chi connectivity index (χ0) is 24.1. The van der Waals surface area contributed by atoms with E-state index < -0.39 is 5.60 Å². The average Bonchev–Trinajstić information content (AvgIpc) is 3.42. The molecule has 188 valence electrons. The molecule has 6 nitrogen and oxygen atoms in total. The molecule has 1 heterocycles. The van der Waals surface area contributed by atoms with Crippen molar-refractivity contribution in [2.45, 2.75) is 89.4 Å². The summed E-state index contributed by atoms with van der Waals surface area (Å²) in [5, 5.41) is 24.7. The number of methoxy groups -OCH3 is 2. The van der Waals surface area contributed by atoms with Gasteiger partial charge < -0.3 is 14.6 Å². The average molecular weight is 470 g/mol. The van der Waals surface area contributed by atoms with E-state index in [2.05, 4.69) is 25.0 Å². The number of hydrogen-bond donors (Lipinski definition) is 1. The molecule has 0 saturated heterocycles. The lowest BCUT2D eigenvalue weighted by Gasteiger charge is -2.58. The lowest BCUT2D eigenvalue weighted by molar-refractivity contribution is -0.144. The Labute approximate surface area is 205 Å². The third kappa shape index (κ3) is 3.92. The molecule has 1 aromatic heterocycles.